The first-order chi connectivity index (χ1) is 16.4. The number of imidazole rings is 1. The van der Waals surface area contributed by atoms with E-state index in [-0.39, 0.29) is 20.1 Å². The van der Waals surface area contributed by atoms with E-state index < -0.39 is 0 Å². The molecule has 0 aliphatic carbocycles. The molecule has 0 saturated carbocycles. The molecule has 2 heterocycles. The van der Waals surface area contributed by atoms with Crippen molar-refractivity contribution in [2.45, 2.75) is 34.6 Å². The fourth-order valence-electron chi connectivity index (χ4n) is 5.53. The summed E-state index contributed by atoms with van der Waals surface area (Å²) in [5.41, 5.74) is 13.4. The van der Waals surface area contributed by atoms with Crippen molar-refractivity contribution in [3.8, 4) is 22.4 Å². The van der Waals surface area contributed by atoms with E-state index in [4.69, 9.17) is 4.98 Å². The molecule has 3 heteroatoms. The molecule has 0 atom stereocenters. The molecule has 0 saturated heterocycles. The number of hydrogen-bond acceptors (Lipinski definition) is 1. The normalized spacial score (nSPS) is 11.3. The molecule has 175 valence electrons. The molecule has 0 bridgehead atoms. The third-order valence-electron chi connectivity index (χ3n) is 7.12. The number of nitrogens with zero attached hydrogens (tertiary/aromatic N) is 2. The Morgan fingerprint density at radius 2 is 1.34 bits per heavy atom. The Hall–Kier alpha value is -3.26. The Labute approximate surface area is 220 Å². The minimum absolute atomic E-state index is 0. The monoisotopic (exact) mass is 632 g/mol. The summed E-state index contributed by atoms with van der Waals surface area (Å²) in [7, 11) is 0. The van der Waals surface area contributed by atoms with Crippen molar-refractivity contribution in [1.29, 1.82) is 0 Å². The molecule has 0 aliphatic heterocycles. The van der Waals surface area contributed by atoms with E-state index >= 15 is 0 Å². The maximum absolute atomic E-state index is 4.95. The van der Waals surface area contributed by atoms with Gasteiger partial charge in [0.05, 0.1) is 11.3 Å². The predicted octanol–water partition coefficient (Wildman–Crippen LogP) is 8.31. The van der Waals surface area contributed by atoms with Crippen LogP contribution in [0.5, 0.6) is 0 Å². The molecular weight excluding hydrogens is 605 g/mol. The van der Waals surface area contributed by atoms with Gasteiger partial charge in [0.25, 0.3) is 0 Å². The van der Waals surface area contributed by atoms with Crippen molar-refractivity contribution in [2.75, 3.05) is 0 Å². The van der Waals surface area contributed by atoms with Crippen molar-refractivity contribution >= 4 is 27.3 Å². The van der Waals surface area contributed by atoms with Crippen LogP contribution in [0.25, 0.3) is 49.7 Å². The summed E-state index contributed by atoms with van der Waals surface area (Å²) < 4.78 is 2.33. The summed E-state index contributed by atoms with van der Waals surface area (Å²) >= 11 is 0. The zero-order valence-corrected chi connectivity index (χ0v) is 23.1. The molecule has 0 spiro atoms. The molecule has 0 unspecified atom stereocenters. The zero-order valence-electron chi connectivity index (χ0n) is 20.7. The van der Waals surface area contributed by atoms with E-state index in [2.05, 4.69) is 112 Å². The molecule has 0 amide bonds. The summed E-state index contributed by atoms with van der Waals surface area (Å²) in [6, 6.07) is 27.8. The van der Waals surface area contributed by atoms with Gasteiger partial charge >= 0.3 is 0 Å². The van der Waals surface area contributed by atoms with Crippen molar-refractivity contribution in [3.05, 3.63) is 107 Å². The topological polar surface area (TPSA) is 17.3 Å². The second kappa shape index (κ2) is 8.75. The first-order valence-electron chi connectivity index (χ1n) is 11.8. The van der Waals surface area contributed by atoms with Crippen molar-refractivity contribution in [1.82, 2.24) is 9.38 Å². The van der Waals surface area contributed by atoms with Crippen LogP contribution in [0.1, 0.15) is 27.8 Å². The van der Waals surface area contributed by atoms with Gasteiger partial charge in [-0.1, -0.05) is 76.2 Å². The molecule has 4 aromatic carbocycles. The minimum atomic E-state index is 0. The van der Waals surface area contributed by atoms with E-state index in [1.165, 1.54) is 60.8 Å². The minimum Gasteiger partial charge on any atom is -0.333 e. The Balaban J connectivity index is 0.00000253. The van der Waals surface area contributed by atoms with E-state index in [1.807, 2.05) is 6.20 Å². The zero-order chi connectivity index (χ0) is 23.6. The fourth-order valence-corrected chi connectivity index (χ4v) is 5.53. The van der Waals surface area contributed by atoms with Crippen molar-refractivity contribution in [2.24, 2.45) is 0 Å². The molecule has 0 aliphatic rings. The molecule has 6 aromatic rings. The van der Waals surface area contributed by atoms with E-state index in [9.17, 15) is 0 Å². The van der Waals surface area contributed by atoms with Gasteiger partial charge in [0.1, 0.15) is 0 Å². The van der Waals surface area contributed by atoms with Crippen LogP contribution in [0.2, 0.25) is 0 Å². The van der Waals surface area contributed by atoms with Gasteiger partial charge in [-0.2, -0.15) is 0 Å². The predicted molar refractivity (Wildman–Crippen MR) is 144 cm³/mol. The van der Waals surface area contributed by atoms with Gasteiger partial charge in [0.2, 0.25) is 0 Å². The molecular formula is C32H27IrN2-. The first-order valence-corrected chi connectivity index (χ1v) is 11.8. The molecule has 1 radical (unpaired) electrons. The van der Waals surface area contributed by atoms with Gasteiger partial charge in [0.15, 0.2) is 0 Å². The first kappa shape index (κ1) is 23.5. The number of fused-ring (bicyclic) bond motifs is 6. The number of rotatable bonds is 2. The fraction of sp³-hybridized carbons (Fsp3) is 0.156. The van der Waals surface area contributed by atoms with Crippen LogP contribution < -0.4 is 0 Å². The maximum Gasteiger partial charge on any atom is 0.0639 e. The van der Waals surface area contributed by atoms with Crippen LogP contribution in [-0.4, -0.2) is 9.38 Å². The number of aryl methyl sites for hydroxylation is 5. The van der Waals surface area contributed by atoms with Crippen LogP contribution in [0, 0.1) is 40.7 Å². The molecule has 0 fully saturated rings. The SMILES string of the molecule is Cc1ccc2c3cc(-c4c(C)cccc4C)c[c-]c3c3ncc(-c4c(C)cccc4C)n3c2c1.[Ir]. The van der Waals surface area contributed by atoms with Crippen LogP contribution in [-0.2, 0) is 20.1 Å². The summed E-state index contributed by atoms with van der Waals surface area (Å²) in [5.74, 6) is 0. The van der Waals surface area contributed by atoms with Crippen LogP contribution >= 0.6 is 0 Å². The Kier molecular flexibility index (Phi) is 5.87. The average Bonchev–Trinajstić information content (AvgIpc) is 3.24. The number of aromatic nitrogens is 2. The Bertz CT molecular complexity index is 1720. The van der Waals surface area contributed by atoms with Crippen LogP contribution in [0.15, 0.2) is 72.9 Å². The molecule has 6 rings (SSSR count). The average molecular weight is 632 g/mol. The van der Waals surface area contributed by atoms with Gasteiger partial charge in [-0.15, -0.1) is 23.6 Å². The van der Waals surface area contributed by atoms with E-state index in [0.717, 1.165) is 16.7 Å². The third-order valence-corrected chi connectivity index (χ3v) is 7.12. The maximum atomic E-state index is 4.95. The molecule has 2 nitrogen and oxygen atoms in total. The second-order valence-electron chi connectivity index (χ2n) is 9.53. The summed E-state index contributed by atoms with van der Waals surface area (Å²) in [6.45, 7) is 10.9. The van der Waals surface area contributed by atoms with Gasteiger partial charge in [-0.25, -0.2) is 0 Å². The van der Waals surface area contributed by atoms with Crippen LogP contribution in [0.3, 0.4) is 0 Å². The molecule has 0 N–H and O–H groups in total. The van der Waals surface area contributed by atoms with Gasteiger partial charge in [-0.3, -0.25) is 4.98 Å². The summed E-state index contributed by atoms with van der Waals surface area (Å²) in [5, 5.41) is 3.48. The number of benzene rings is 4. The number of pyridine rings is 1. The number of hydrogen-bond donors (Lipinski definition) is 0. The largest absolute Gasteiger partial charge is 0.333 e. The van der Waals surface area contributed by atoms with Gasteiger partial charge in [0, 0.05) is 37.4 Å². The Morgan fingerprint density at radius 1 is 0.714 bits per heavy atom. The van der Waals surface area contributed by atoms with E-state index in [1.54, 1.807) is 0 Å². The Morgan fingerprint density at radius 3 is 2.00 bits per heavy atom. The second-order valence-corrected chi connectivity index (χ2v) is 9.53. The van der Waals surface area contributed by atoms with Crippen molar-refractivity contribution in [3.63, 3.8) is 0 Å². The van der Waals surface area contributed by atoms with Gasteiger partial charge < -0.3 is 4.40 Å². The standard InChI is InChI=1S/C32H27N2.Ir/c1-19-12-14-25-27-17-24(30-20(2)8-6-9-21(30)3)13-15-26(27)32-33-18-29(34(32)28(25)16-19)31-22(4)10-7-11-23(31)5;/h6-14,16-18H,1-5H3;/q-1;. The third kappa shape index (κ3) is 3.62. The quantitative estimate of drug-likeness (QED) is 0.139. The summed E-state index contributed by atoms with van der Waals surface area (Å²) in [4.78, 5) is 4.95. The van der Waals surface area contributed by atoms with Crippen LogP contribution in [0.4, 0.5) is 0 Å². The summed E-state index contributed by atoms with van der Waals surface area (Å²) in [6.07, 6.45) is 2.03. The van der Waals surface area contributed by atoms with Crippen molar-refractivity contribution < 1.29 is 20.1 Å². The molecule has 2 aromatic heterocycles. The smallest absolute Gasteiger partial charge is 0.0639 e. The van der Waals surface area contributed by atoms with E-state index in [0.29, 0.717) is 0 Å². The van der Waals surface area contributed by atoms with Gasteiger partial charge in [-0.05, 0) is 62.8 Å². The molecule has 35 heavy (non-hydrogen) atoms.